The summed E-state index contributed by atoms with van der Waals surface area (Å²) in [5.74, 6) is -0.0231. The molecule has 2 atom stereocenters. The quantitative estimate of drug-likeness (QED) is 0.645. The molecule has 2 aliphatic rings. The Morgan fingerprint density at radius 1 is 1.39 bits per heavy atom. The van der Waals surface area contributed by atoms with Crippen LogP contribution in [0, 0.1) is 15.5 Å². The third-order valence-corrected chi connectivity index (χ3v) is 5.28. The molecule has 2 fully saturated rings. The molecule has 1 aromatic carbocycles. The average molecular weight is 318 g/mol. The standard InChI is InChI=1S/C17H22N2O4/c1-2-23-15-11-14(17(15)8-3-9-17)18-16(20)10-12-4-6-13(7-5-12)19(21)22/h4-7,14-15H,2-3,8-11H2,1H3,(H,18,20). The maximum Gasteiger partial charge on any atom is 0.269 e. The van der Waals surface area contributed by atoms with Crippen molar-refractivity contribution >= 4 is 11.6 Å². The van der Waals surface area contributed by atoms with Gasteiger partial charge in [0.25, 0.3) is 5.69 Å². The van der Waals surface area contributed by atoms with Gasteiger partial charge in [-0.15, -0.1) is 0 Å². The maximum atomic E-state index is 12.2. The highest BCUT2D eigenvalue weighted by Crippen LogP contribution is 2.57. The number of rotatable bonds is 6. The summed E-state index contributed by atoms with van der Waals surface area (Å²) in [5, 5.41) is 13.8. The largest absolute Gasteiger partial charge is 0.378 e. The molecule has 124 valence electrons. The van der Waals surface area contributed by atoms with E-state index in [0.29, 0.717) is 0 Å². The van der Waals surface area contributed by atoms with E-state index in [4.69, 9.17) is 4.74 Å². The fourth-order valence-electron chi connectivity index (χ4n) is 3.81. The molecule has 0 aromatic heterocycles. The second kappa shape index (κ2) is 6.28. The van der Waals surface area contributed by atoms with Crippen LogP contribution in [-0.2, 0) is 16.0 Å². The van der Waals surface area contributed by atoms with E-state index < -0.39 is 4.92 Å². The van der Waals surface area contributed by atoms with Crippen LogP contribution in [0.3, 0.4) is 0 Å². The van der Waals surface area contributed by atoms with Crippen molar-refractivity contribution in [2.75, 3.05) is 6.61 Å². The van der Waals surface area contributed by atoms with E-state index in [9.17, 15) is 14.9 Å². The minimum atomic E-state index is -0.438. The monoisotopic (exact) mass is 318 g/mol. The van der Waals surface area contributed by atoms with Crippen LogP contribution in [-0.4, -0.2) is 29.6 Å². The molecule has 1 amide bonds. The Labute approximate surface area is 135 Å². The summed E-state index contributed by atoms with van der Waals surface area (Å²) in [4.78, 5) is 22.4. The van der Waals surface area contributed by atoms with Crippen molar-refractivity contribution in [3.63, 3.8) is 0 Å². The SMILES string of the molecule is CCOC1CC(NC(=O)Cc2ccc([N+](=O)[O-])cc2)C12CCC2. The van der Waals surface area contributed by atoms with Gasteiger partial charge in [-0.1, -0.05) is 18.6 Å². The second-order valence-corrected chi connectivity index (χ2v) is 6.49. The van der Waals surface area contributed by atoms with E-state index in [2.05, 4.69) is 5.32 Å². The predicted molar refractivity (Wildman–Crippen MR) is 85.0 cm³/mol. The molecule has 3 rings (SSSR count). The third-order valence-electron chi connectivity index (χ3n) is 5.28. The molecule has 0 heterocycles. The van der Waals surface area contributed by atoms with Gasteiger partial charge in [0.1, 0.15) is 0 Å². The highest BCUT2D eigenvalue weighted by molar-refractivity contribution is 5.79. The van der Waals surface area contributed by atoms with Crippen LogP contribution in [0.5, 0.6) is 0 Å². The Morgan fingerprint density at radius 3 is 2.61 bits per heavy atom. The molecule has 2 aliphatic carbocycles. The number of benzene rings is 1. The third kappa shape index (κ3) is 2.95. The highest BCUT2D eigenvalue weighted by Gasteiger charge is 2.59. The number of nitro benzene ring substituents is 1. The van der Waals surface area contributed by atoms with Crippen LogP contribution in [0.1, 0.15) is 38.2 Å². The first kappa shape index (κ1) is 15.9. The number of carbonyl (C=O) groups excluding carboxylic acids is 1. The summed E-state index contributed by atoms with van der Waals surface area (Å²) in [6.07, 6.45) is 4.88. The molecule has 0 saturated heterocycles. The van der Waals surface area contributed by atoms with Crippen molar-refractivity contribution in [1.29, 1.82) is 0 Å². The fourth-order valence-corrected chi connectivity index (χ4v) is 3.81. The van der Waals surface area contributed by atoms with Gasteiger partial charge in [0, 0.05) is 30.2 Å². The van der Waals surface area contributed by atoms with Crippen LogP contribution >= 0.6 is 0 Å². The minimum Gasteiger partial charge on any atom is -0.378 e. The molecule has 6 nitrogen and oxygen atoms in total. The maximum absolute atomic E-state index is 12.2. The van der Waals surface area contributed by atoms with Crippen molar-refractivity contribution in [3.8, 4) is 0 Å². The van der Waals surface area contributed by atoms with Crippen LogP contribution < -0.4 is 5.32 Å². The number of carbonyl (C=O) groups is 1. The lowest BCUT2D eigenvalue weighted by molar-refractivity contribution is -0.384. The van der Waals surface area contributed by atoms with Crippen LogP contribution in [0.4, 0.5) is 5.69 Å². The molecule has 1 N–H and O–H groups in total. The number of ether oxygens (including phenoxy) is 1. The van der Waals surface area contributed by atoms with Gasteiger partial charge in [-0.25, -0.2) is 0 Å². The molecule has 0 bridgehead atoms. The van der Waals surface area contributed by atoms with E-state index in [0.717, 1.165) is 31.4 Å². The summed E-state index contributed by atoms with van der Waals surface area (Å²) in [6.45, 7) is 2.72. The van der Waals surface area contributed by atoms with Gasteiger partial charge < -0.3 is 10.1 Å². The topological polar surface area (TPSA) is 81.5 Å². The zero-order chi connectivity index (χ0) is 16.4. The number of non-ortho nitro benzene ring substituents is 1. The summed E-state index contributed by atoms with van der Waals surface area (Å²) < 4.78 is 5.79. The summed E-state index contributed by atoms with van der Waals surface area (Å²) in [6, 6.07) is 6.36. The molecule has 6 heteroatoms. The number of nitro groups is 1. The van der Waals surface area contributed by atoms with Gasteiger partial charge in [-0.2, -0.15) is 0 Å². The number of amides is 1. The smallest absolute Gasteiger partial charge is 0.269 e. The fraction of sp³-hybridized carbons (Fsp3) is 0.588. The molecular formula is C17H22N2O4. The zero-order valence-corrected chi connectivity index (χ0v) is 13.3. The van der Waals surface area contributed by atoms with E-state index in [1.54, 1.807) is 12.1 Å². The molecule has 23 heavy (non-hydrogen) atoms. The minimum absolute atomic E-state index is 0.0231. The number of nitrogens with zero attached hydrogens (tertiary/aromatic N) is 1. The van der Waals surface area contributed by atoms with Crippen LogP contribution in [0.25, 0.3) is 0 Å². The van der Waals surface area contributed by atoms with E-state index in [-0.39, 0.29) is 35.6 Å². The van der Waals surface area contributed by atoms with Gasteiger partial charge in [0.2, 0.25) is 5.91 Å². The predicted octanol–water partition coefficient (Wildman–Crippen LogP) is 2.60. The first-order chi connectivity index (χ1) is 11.0. The lowest BCUT2D eigenvalue weighted by atomic mass is 9.51. The van der Waals surface area contributed by atoms with Gasteiger partial charge in [-0.05, 0) is 31.7 Å². The number of hydrogen-bond acceptors (Lipinski definition) is 4. The summed E-state index contributed by atoms with van der Waals surface area (Å²) in [5.41, 5.74) is 0.985. The van der Waals surface area contributed by atoms with E-state index in [1.165, 1.54) is 18.6 Å². The Balaban J connectivity index is 1.55. The van der Waals surface area contributed by atoms with Crippen molar-refractivity contribution in [2.45, 2.75) is 51.2 Å². The first-order valence-electron chi connectivity index (χ1n) is 8.19. The van der Waals surface area contributed by atoms with Crippen molar-refractivity contribution in [3.05, 3.63) is 39.9 Å². The Hall–Kier alpha value is -1.95. The highest BCUT2D eigenvalue weighted by atomic mass is 16.6. The second-order valence-electron chi connectivity index (χ2n) is 6.49. The van der Waals surface area contributed by atoms with Gasteiger partial charge >= 0.3 is 0 Å². The lowest BCUT2D eigenvalue weighted by Gasteiger charge is -2.61. The van der Waals surface area contributed by atoms with Crippen molar-refractivity contribution < 1.29 is 14.5 Å². The Bertz CT molecular complexity index is 595. The Morgan fingerprint density at radius 2 is 2.09 bits per heavy atom. The number of nitrogens with one attached hydrogen (secondary N) is 1. The van der Waals surface area contributed by atoms with E-state index >= 15 is 0 Å². The lowest BCUT2D eigenvalue weighted by Crippen LogP contribution is -2.67. The van der Waals surface area contributed by atoms with Gasteiger partial charge in [0.15, 0.2) is 0 Å². The molecule has 0 radical (unpaired) electrons. The molecule has 1 spiro atoms. The van der Waals surface area contributed by atoms with Crippen molar-refractivity contribution in [1.82, 2.24) is 5.32 Å². The molecule has 0 aliphatic heterocycles. The zero-order valence-electron chi connectivity index (χ0n) is 13.3. The molecule has 2 unspecified atom stereocenters. The van der Waals surface area contributed by atoms with E-state index in [1.807, 2.05) is 6.92 Å². The molecule has 1 aromatic rings. The first-order valence-corrected chi connectivity index (χ1v) is 8.19. The Kier molecular flexibility index (Phi) is 4.35. The number of hydrogen-bond donors (Lipinski definition) is 1. The molecule has 2 saturated carbocycles. The molecular weight excluding hydrogens is 296 g/mol. The summed E-state index contributed by atoms with van der Waals surface area (Å²) in [7, 11) is 0. The normalized spacial score (nSPS) is 24.6. The van der Waals surface area contributed by atoms with Crippen LogP contribution in [0.15, 0.2) is 24.3 Å². The van der Waals surface area contributed by atoms with Gasteiger partial charge in [-0.3, -0.25) is 14.9 Å². The summed E-state index contributed by atoms with van der Waals surface area (Å²) >= 11 is 0. The van der Waals surface area contributed by atoms with Crippen LogP contribution in [0.2, 0.25) is 0 Å². The average Bonchev–Trinajstić information content (AvgIpc) is 2.44. The van der Waals surface area contributed by atoms with Crippen molar-refractivity contribution in [2.24, 2.45) is 5.41 Å². The van der Waals surface area contributed by atoms with Gasteiger partial charge in [0.05, 0.1) is 17.4 Å².